The van der Waals surface area contributed by atoms with E-state index >= 15 is 0 Å². The standard InChI is InChI=1S/C23H22N4O5S2/c1-4-34(29,30)23-26-22(33-27-23)25-21(28)18(13-24)11-16-9-10-19(20(12-16)31-3)32-14-17-8-6-5-7-15(17)2/h5-12H,4,14H2,1-3H3,(H,25,26,27,28)/b18-11-. The highest BCUT2D eigenvalue weighted by atomic mass is 32.2. The zero-order chi connectivity index (χ0) is 24.7. The molecular formula is C23H22N4O5S2. The molecule has 9 nitrogen and oxygen atoms in total. The van der Waals surface area contributed by atoms with Gasteiger partial charge in [0.1, 0.15) is 18.2 Å². The second-order valence-electron chi connectivity index (χ2n) is 7.03. The SMILES string of the molecule is CCS(=O)(=O)c1nsc(NC(=O)/C(C#N)=C\c2ccc(OCc3ccccc3C)c(OC)c2)n1. The smallest absolute Gasteiger partial charge is 0.268 e. The minimum atomic E-state index is -3.59. The first-order chi connectivity index (χ1) is 16.3. The number of hydrogen-bond acceptors (Lipinski definition) is 9. The molecule has 3 aromatic rings. The molecule has 1 heterocycles. The number of nitriles is 1. The van der Waals surface area contributed by atoms with Crippen LogP contribution in [0.25, 0.3) is 6.08 Å². The highest BCUT2D eigenvalue weighted by molar-refractivity contribution is 7.91. The highest BCUT2D eigenvalue weighted by Gasteiger charge is 2.20. The Bertz CT molecular complexity index is 1370. The Hall–Kier alpha value is -3.75. The second-order valence-corrected chi connectivity index (χ2v) is 9.96. The minimum absolute atomic E-state index is 0.0179. The Morgan fingerprint density at radius 2 is 2.00 bits per heavy atom. The van der Waals surface area contributed by atoms with Crippen LogP contribution in [0.1, 0.15) is 23.6 Å². The number of sulfone groups is 1. The molecule has 11 heteroatoms. The fourth-order valence-corrected chi connectivity index (χ4v) is 4.40. The van der Waals surface area contributed by atoms with Crippen molar-refractivity contribution in [2.75, 3.05) is 18.2 Å². The van der Waals surface area contributed by atoms with Crippen LogP contribution in [0.5, 0.6) is 11.5 Å². The summed E-state index contributed by atoms with van der Waals surface area (Å²) in [7, 11) is -2.09. The monoisotopic (exact) mass is 498 g/mol. The molecule has 0 aliphatic carbocycles. The van der Waals surface area contributed by atoms with E-state index in [1.54, 1.807) is 18.2 Å². The number of carbonyl (C=O) groups is 1. The number of methoxy groups -OCH3 is 1. The predicted octanol–water partition coefficient (Wildman–Crippen LogP) is 3.77. The Kier molecular flexibility index (Phi) is 7.99. The highest BCUT2D eigenvalue weighted by Crippen LogP contribution is 2.30. The van der Waals surface area contributed by atoms with E-state index in [0.717, 1.165) is 22.7 Å². The summed E-state index contributed by atoms with van der Waals surface area (Å²) in [6, 6.07) is 14.8. The number of nitrogens with zero attached hydrogens (tertiary/aromatic N) is 3. The van der Waals surface area contributed by atoms with Gasteiger partial charge in [-0.05, 0) is 41.8 Å². The van der Waals surface area contributed by atoms with Crippen LogP contribution in [0.4, 0.5) is 5.13 Å². The van der Waals surface area contributed by atoms with Gasteiger partial charge in [0, 0.05) is 11.5 Å². The number of benzene rings is 2. The molecule has 0 fully saturated rings. The van der Waals surface area contributed by atoms with E-state index in [4.69, 9.17) is 9.47 Å². The third kappa shape index (κ3) is 5.98. The molecule has 0 saturated heterocycles. The summed E-state index contributed by atoms with van der Waals surface area (Å²) in [5.41, 5.74) is 2.49. The van der Waals surface area contributed by atoms with Crippen LogP contribution in [-0.2, 0) is 21.2 Å². The molecule has 1 N–H and O–H groups in total. The van der Waals surface area contributed by atoms with Crippen molar-refractivity contribution in [3.8, 4) is 17.6 Å². The zero-order valence-corrected chi connectivity index (χ0v) is 20.4. The van der Waals surface area contributed by atoms with E-state index in [0.29, 0.717) is 23.7 Å². The maximum atomic E-state index is 12.5. The zero-order valence-electron chi connectivity index (χ0n) is 18.7. The molecule has 0 aliphatic rings. The molecule has 0 spiro atoms. The van der Waals surface area contributed by atoms with Gasteiger partial charge in [-0.15, -0.1) is 0 Å². The fourth-order valence-electron chi connectivity index (χ4n) is 2.82. The number of aromatic nitrogens is 2. The molecule has 0 atom stereocenters. The van der Waals surface area contributed by atoms with Crippen LogP contribution in [0.3, 0.4) is 0 Å². The van der Waals surface area contributed by atoms with Crippen LogP contribution in [0, 0.1) is 18.3 Å². The van der Waals surface area contributed by atoms with Crippen molar-refractivity contribution in [1.82, 2.24) is 9.36 Å². The molecule has 3 rings (SSSR count). The van der Waals surface area contributed by atoms with E-state index in [1.807, 2.05) is 37.3 Å². The number of ether oxygens (including phenoxy) is 2. The van der Waals surface area contributed by atoms with Gasteiger partial charge < -0.3 is 9.47 Å². The summed E-state index contributed by atoms with van der Waals surface area (Å²) >= 11 is 0.722. The van der Waals surface area contributed by atoms with Gasteiger partial charge in [-0.3, -0.25) is 10.1 Å². The maximum absolute atomic E-state index is 12.5. The lowest BCUT2D eigenvalue weighted by Gasteiger charge is -2.12. The van der Waals surface area contributed by atoms with Crippen molar-refractivity contribution in [1.29, 1.82) is 5.26 Å². The lowest BCUT2D eigenvalue weighted by atomic mass is 10.1. The lowest BCUT2D eigenvalue weighted by molar-refractivity contribution is -0.112. The van der Waals surface area contributed by atoms with Crippen LogP contribution < -0.4 is 14.8 Å². The van der Waals surface area contributed by atoms with Crippen molar-refractivity contribution < 1.29 is 22.7 Å². The van der Waals surface area contributed by atoms with Gasteiger partial charge in [0.2, 0.25) is 15.0 Å². The van der Waals surface area contributed by atoms with E-state index in [9.17, 15) is 18.5 Å². The normalized spacial score (nSPS) is 11.5. The largest absolute Gasteiger partial charge is 0.493 e. The molecule has 1 amide bonds. The maximum Gasteiger partial charge on any atom is 0.268 e. The Labute approximate surface area is 201 Å². The first kappa shape index (κ1) is 24.9. The van der Waals surface area contributed by atoms with Crippen LogP contribution in [0.15, 0.2) is 53.2 Å². The summed E-state index contributed by atoms with van der Waals surface area (Å²) in [5, 5.41) is 11.5. The Morgan fingerprint density at radius 1 is 1.24 bits per heavy atom. The number of hydrogen-bond donors (Lipinski definition) is 1. The molecule has 0 saturated carbocycles. The van der Waals surface area contributed by atoms with Gasteiger partial charge in [-0.2, -0.15) is 14.6 Å². The van der Waals surface area contributed by atoms with Gasteiger partial charge in [0.05, 0.1) is 12.9 Å². The lowest BCUT2D eigenvalue weighted by Crippen LogP contribution is -2.13. The third-order valence-corrected chi connectivity index (χ3v) is 7.04. The summed E-state index contributed by atoms with van der Waals surface area (Å²) in [5.74, 6) is 0.0633. The van der Waals surface area contributed by atoms with Crippen LogP contribution in [-0.4, -0.2) is 36.5 Å². The molecule has 1 aromatic heterocycles. The van der Waals surface area contributed by atoms with Crippen molar-refractivity contribution in [2.24, 2.45) is 0 Å². The average molecular weight is 499 g/mol. The molecule has 34 heavy (non-hydrogen) atoms. The van der Waals surface area contributed by atoms with Crippen molar-refractivity contribution in [3.05, 3.63) is 64.7 Å². The number of aryl methyl sites for hydroxylation is 1. The number of carbonyl (C=O) groups excluding carboxylic acids is 1. The second kappa shape index (κ2) is 10.9. The van der Waals surface area contributed by atoms with Crippen LogP contribution >= 0.6 is 11.5 Å². The van der Waals surface area contributed by atoms with E-state index in [-0.39, 0.29) is 21.6 Å². The van der Waals surface area contributed by atoms with E-state index in [1.165, 1.54) is 20.1 Å². The first-order valence-electron chi connectivity index (χ1n) is 10.1. The van der Waals surface area contributed by atoms with Gasteiger partial charge in [0.15, 0.2) is 11.5 Å². The number of rotatable bonds is 9. The van der Waals surface area contributed by atoms with E-state index < -0.39 is 15.7 Å². The summed E-state index contributed by atoms with van der Waals surface area (Å²) in [6.45, 7) is 3.84. The average Bonchev–Trinajstić information content (AvgIpc) is 3.31. The molecule has 176 valence electrons. The summed E-state index contributed by atoms with van der Waals surface area (Å²) in [4.78, 5) is 16.3. The quantitative estimate of drug-likeness (QED) is 0.348. The summed E-state index contributed by atoms with van der Waals surface area (Å²) in [6.07, 6.45) is 1.38. The summed E-state index contributed by atoms with van der Waals surface area (Å²) < 4.78 is 38.7. The molecular weight excluding hydrogens is 476 g/mol. The number of nitrogens with one attached hydrogen (secondary N) is 1. The molecule has 0 aliphatic heterocycles. The van der Waals surface area contributed by atoms with Crippen molar-refractivity contribution in [2.45, 2.75) is 25.6 Å². The molecule has 0 radical (unpaired) electrons. The number of anilines is 1. The van der Waals surface area contributed by atoms with Gasteiger partial charge >= 0.3 is 0 Å². The van der Waals surface area contributed by atoms with Crippen molar-refractivity contribution >= 4 is 38.5 Å². The van der Waals surface area contributed by atoms with Gasteiger partial charge in [0.25, 0.3) is 11.1 Å². The number of amides is 1. The topological polar surface area (TPSA) is 131 Å². The molecule has 0 bridgehead atoms. The first-order valence-corrected chi connectivity index (χ1v) is 12.5. The predicted molar refractivity (Wildman–Crippen MR) is 128 cm³/mol. The van der Waals surface area contributed by atoms with Crippen molar-refractivity contribution in [3.63, 3.8) is 0 Å². The Balaban J connectivity index is 1.75. The molecule has 2 aromatic carbocycles. The van der Waals surface area contributed by atoms with E-state index in [2.05, 4.69) is 14.7 Å². The van der Waals surface area contributed by atoms with Gasteiger partial charge in [-0.1, -0.05) is 37.3 Å². The fraction of sp³-hybridized carbons (Fsp3) is 0.217. The Morgan fingerprint density at radius 3 is 2.68 bits per heavy atom. The van der Waals surface area contributed by atoms with Crippen LogP contribution in [0.2, 0.25) is 0 Å². The van der Waals surface area contributed by atoms with Gasteiger partial charge in [-0.25, -0.2) is 8.42 Å². The third-order valence-electron chi connectivity index (χ3n) is 4.79. The molecule has 0 unspecified atom stereocenters. The minimum Gasteiger partial charge on any atom is -0.493 e.